The summed E-state index contributed by atoms with van der Waals surface area (Å²) in [6, 6.07) is 6.83. The van der Waals surface area contributed by atoms with Gasteiger partial charge >= 0.3 is 0 Å². The van der Waals surface area contributed by atoms with E-state index >= 15 is 0 Å². The Bertz CT molecular complexity index is 394. The van der Waals surface area contributed by atoms with Gasteiger partial charge in [-0.2, -0.15) is 0 Å². The smallest absolute Gasteiger partial charge is 0.147 e. The molecule has 0 aliphatic rings. The van der Waals surface area contributed by atoms with Gasteiger partial charge in [0.25, 0.3) is 0 Å². The van der Waals surface area contributed by atoms with Crippen molar-refractivity contribution >= 4 is 26.8 Å². The topological polar surface area (TPSA) is 15.8 Å². The Labute approximate surface area is 71.4 Å². The van der Waals surface area contributed by atoms with Crippen LogP contribution in [0.25, 0.3) is 10.9 Å². The molecule has 0 atom stereocenters. The van der Waals surface area contributed by atoms with Gasteiger partial charge in [0, 0.05) is 5.39 Å². The Morgan fingerprint density at radius 3 is 2.91 bits per heavy atom. The Morgan fingerprint density at radius 2 is 2.18 bits per heavy atom. The van der Waals surface area contributed by atoms with Crippen LogP contribution in [0.1, 0.15) is 0 Å². The van der Waals surface area contributed by atoms with E-state index in [2.05, 4.69) is 20.9 Å². The van der Waals surface area contributed by atoms with Gasteiger partial charge in [-0.1, -0.05) is 12.1 Å². The molecule has 0 radical (unpaired) electrons. The third-order valence-corrected chi connectivity index (χ3v) is 2.00. The van der Waals surface area contributed by atoms with Gasteiger partial charge in [0.2, 0.25) is 0 Å². The number of nitrogens with one attached hydrogen (secondary N) is 1. The van der Waals surface area contributed by atoms with E-state index in [0.29, 0.717) is 5.52 Å². The minimum Gasteiger partial charge on any atom is -0.347 e. The van der Waals surface area contributed by atoms with E-state index in [0.717, 1.165) is 9.99 Å². The van der Waals surface area contributed by atoms with Gasteiger partial charge in [-0.3, -0.25) is 0 Å². The van der Waals surface area contributed by atoms with Crippen LogP contribution < -0.4 is 0 Å². The summed E-state index contributed by atoms with van der Waals surface area (Å²) in [5, 5.41) is 0.886. The molecule has 1 heterocycles. The predicted octanol–water partition coefficient (Wildman–Crippen LogP) is 3.07. The highest BCUT2D eigenvalue weighted by molar-refractivity contribution is 9.10. The molecule has 1 aromatic carbocycles. The number of aromatic nitrogens is 1. The molecule has 56 valence electrons. The van der Waals surface area contributed by atoms with E-state index < -0.39 is 0 Å². The highest BCUT2D eigenvalue weighted by Gasteiger charge is 2.01. The number of hydrogen-bond donors (Lipinski definition) is 1. The van der Waals surface area contributed by atoms with Crippen LogP contribution in [0.2, 0.25) is 0 Å². The van der Waals surface area contributed by atoms with Crippen molar-refractivity contribution in [3.63, 3.8) is 0 Å². The quantitative estimate of drug-likeness (QED) is 0.693. The lowest BCUT2D eigenvalue weighted by Crippen LogP contribution is -1.74. The summed E-state index contributed by atoms with van der Waals surface area (Å²) in [6.07, 6.45) is 0. The van der Waals surface area contributed by atoms with Crippen LogP contribution in [0.5, 0.6) is 0 Å². The first-order valence-electron chi connectivity index (χ1n) is 3.20. The minimum atomic E-state index is -0.215. The first-order chi connectivity index (χ1) is 5.27. The lowest BCUT2D eigenvalue weighted by Gasteiger charge is -1.88. The molecule has 0 saturated heterocycles. The molecule has 0 saturated carbocycles. The van der Waals surface area contributed by atoms with E-state index in [9.17, 15) is 4.39 Å². The second kappa shape index (κ2) is 2.34. The fourth-order valence-electron chi connectivity index (χ4n) is 1.08. The number of aromatic amines is 1. The van der Waals surface area contributed by atoms with Gasteiger partial charge < -0.3 is 4.98 Å². The van der Waals surface area contributed by atoms with Crippen molar-refractivity contribution in [1.82, 2.24) is 4.98 Å². The van der Waals surface area contributed by atoms with Gasteiger partial charge in [0.15, 0.2) is 0 Å². The first kappa shape index (κ1) is 6.85. The Hall–Kier alpha value is -0.830. The summed E-state index contributed by atoms with van der Waals surface area (Å²) in [7, 11) is 0. The van der Waals surface area contributed by atoms with Crippen molar-refractivity contribution in [3.05, 3.63) is 34.7 Å². The summed E-state index contributed by atoms with van der Waals surface area (Å²) in [4.78, 5) is 2.87. The Balaban J connectivity index is 2.90. The van der Waals surface area contributed by atoms with E-state index in [4.69, 9.17) is 0 Å². The molecular formula is C8H5BrFN. The second-order valence-corrected chi connectivity index (χ2v) is 3.18. The van der Waals surface area contributed by atoms with Crippen LogP contribution in [0.15, 0.2) is 28.9 Å². The van der Waals surface area contributed by atoms with Crippen molar-refractivity contribution in [2.45, 2.75) is 0 Å². The lowest BCUT2D eigenvalue weighted by molar-refractivity contribution is 0.637. The number of benzene rings is 1. The zero-order valence-corrected chi connectivity index (χ0v) is 7.15. The molecule has 0 spiro atoms. The van der Waals surface area contributed by atoms with Crippen molar-refractivity contribution < 1.29 is 4.39 Å². The van der Waals surface area contributed by atoms with E-state index in [1.54, 1.807) is 6.07 Å². The standard InChI is InChI=1S/C8H5BrFN/c9-7-4-5-2-1-3-6(10)8(5)11-7/h1-4,11H. The molecule has 0 aliphatic heterocycles. The van der Waals surface area contributed by atoms with Crippen LogP contribution in [0.4, 0.5) is 4.39 Å². The largest absolute Gasteiger partial charge is 0.347 e. The number of fused-ring (bicyclic) bond motifs is 1. The summed E-state index contributed by atoms with van der Waals surface area (Å²) < 4.78 is 13.8. The zero-order chi connectivity index (χ0) is 7.84. The number of halogens is 2. The zero-order valence-electron chi connectivity index (χ0n) is 5.57. The molecule has 0 unspecified atom stereocenters. The molecule has 11 heavy (non-hydrogen) atoms. The van der Waals surface area contributed by atoms with E-state index in [-0.39, 0.29) is 5.82 Å². The normalized spacial score (nSPS) is 10.7. The maximum Gasteiger partial charge on any atom is 0.147 e. The molecular weight excluding hydrogens is 209 g/mol. The molecule has 0 aliphatic carbocycles. The summed E-state index contributed by atoms with van der Waals surface area (Å²) in [5.74, 6) is -0.215. The highest BCUT2D eigenvalue weighted by Crippen LogP contribution is 2.20. The van der Waals surface area contributed by atoms with Crippen molar-refractivity contribution in [2.24, 2.45) is 0 Å². The monoisotopic (exact) mass is 213 g/mol. The van der Waals surface area contributed by atoms with Crippen molar-refractivity contribution in [3.8, 4) is 0 Å². The second-order valence-electron chi connectivity index (χ2n) is 2.32. The van der Waals surface area contributed by atoms with Gasteiger partial charge in [0.1, 0.15) is 5.82 Å². The average molecular weight is 214 g/mol. The van der Waals surface area contributed by atoms with Gasteiger partial charge in [-0.05, 0) is 28.1 Å². The van der Waals surface area contributed by atoms with Crippen LogP contribution in [0, 0.1) is 5.82 Å². The molecule has 0 fully saturated rings. The molecule has 1 N–H and O–H groups in total. The minimum absolute atomic E-state index is 0.215. The predicted molar refractivity (Wildman–Crippen MR) is 46.0 cm³/mol. The van der Waals surface area contributed by atoms with E-state index in [1.807, 2.05) is 12.1 Å². The fourth-order valence-corrected chi connectivity index (χ4v) is 1.53. The summed E-state index contributed by atoms with van der Waals surface area (Å²) in [5.41, 5.74) is 0.555. The molecule has 1 aromatic heterocycles. The Morgan fingerprint density at radius 1 is 1.36 bits per heavy atom. The van der Waals surface area contributed by atoms with Crippen LogP contribution in [-0.2, 0) is 0 Å². The number of para-hydroxylation sites is 1. The third-order valence-electron chi connectivity index (χ3n) is 1.57. The van der Waals surface area contributed by atoms with Crippen LogP contribution >= 0.6 is 15.9 Å². The fraction of sp³-hybridized carbons (Fsp3) is 0. The maximum absolute atomic E-state index is 12.9. The summed E-state index contributed by atoms with van der Waals surface area (Å²) >= 11 is 3.24. The molecule has 1 nitrogen and oxygen atoms in total. The highest BCUT2D eigenvalue weighted by atomic mass is 79.9. The Kier molecular flexibility index (Phi) is 1.46. The maximum atomic E-state index is 12.9. The molecule has 2 aromatic rings. The average Bonchev–Trinajstić information content (AvgIpc) is 2.31. The number of hydrogen-bond acceptors (Lipinski definition) is 0. The molecule has 3 heteroatoms. The van der Waals surface area contributed by atoms with Crippen molar-refractivity contribution in [1.29, 1.82) is 0 Å². The van der Waals surface area contributed by atoms with Crippen molar-refractivity contribution in [2.75, 3.05) is 0 Å². The van der Waals surface area contributed by atoms with Gasteiger partial charge in [0.05, 0.1) is 10.1 Å². The number of rotatable bonds is 0. The van der Waals surface area contributed by atoms with Gasteiger partial charge in [-0.15, -0.1) is 0 Å². The summed E-state index contributed by atoms with van der Waals surface area (Å²) in [6.45, 7) is 0. The molecule has 0 amide bonds. The number of H-pyrrole nitrogens is 1. The molecule has 0 bridgehead atoms. The van der Waals surface area contributed by atoms with Crippen LogP contribution in [-0.4, -0.2) is 4.98 Å². The van der Waals surface area contributed by atoms with E-state index in [1.165, 1.54) is 6.07 Å². The first-order valence-corrected chi connectivity index (χ1v) is 3.99. The third kappa shape index (κ3) is 1.05. The van der Waals surface area contributed by atoms with Crippen LogP contribution in [0.3, 0.4) is 0 Å². The SMILES string of the molecule is Fc1cccc2cc(Br)[nH]c12. The molecule has 2 rings (SSSR count). The van der Waals surface area contributed by atoms with Gasteiger partial charge in [-0.25, -0.2) is 4.39 Å². The lowest BCUT2D eigenvalue weighted by atomic mass is 10.2.